The molecule has 2 heterocycles. The minimum Gasteiger partial charge on any atom is -0.347 e. The molecule has 0 unspecified atom stereocenters. The Hall–Kier alpha value is -3.18. The summed E-state index contributed by atoms with van der Waals surface area (Å²) in [4.78, 5) is 79.7. The van der Waals surface area contributed by atoms with Crippen LogP contribution in [0.5, 0.6) is 0 Å². The number of rotatable bonds is 10. The molecule has 3 fully saturated rings. The zero-order valence-corrected chi connectivity index (χ0v) is 25.4. The maximum absolute atomic E-state index is 13.8. The van der Waals surface area contributed by atoms with E-state index in [2.05, 4.69) is 21.3 Å². The Morgan fingerprint density at radius 2 is 1.56 bits per heavy atom. The second-order valence-electron chi connectivity index (χ2n) is 13.7. The molecule has 3 rings (SSSR count). The number of hydrogen-bond donors (Lipinski definition) is 4. The smallest absolute Gasteiger partial charge is 0.315 e. The quantitative estimate of drug-likeness (QED) is 0.285. The maximum Gasteiger partial charge on any atom is 0.315 e. The molecule has 3 aliphatic rings. The third-order valence-corrected chi connectivity index (χ3v) is 7.99. The lowest BCUT2D eigenvalue weighted by Gasteiger charge is -2.39. The Balaban J connectivity index is 1.63. The van der Waals surface area contributed by atoms with Gasteiger partial charge in [-0.25, -0.2) is 4.79 Å². The molecule has 12 nitrogen and oxygen atoms in total. The standard InChI is InChI=1S/C29H48N6O6/c1-28(2,3)21(17-34-14-8-7-11-22(34)37)32-27(41)33-23(29(4,5)6)26(40)35-15-9-10-19(35)24(38)30-16-20(36)25(39)31-18-12-13-18/h18-19,21,23H,7-17H2,1-6H3,(H,30,38)(H,31,39)(H2,32,33,41)/t19-,21+,23+/m0/s1. The number of hydrogen-bond acceptors (Lipinski definition) is 6. The Labute approximate surface area is 243 Å². The van der Waals surface area contributed by atoms with Crippen molar-refractivity contribution in [2.24, 2.45) is 10.8 Å². The number of urea groups is 1. The van der Waals surface area contributed by atoms with Crippen molar-refractivity contribution >= 4 is 35.4 Å². The fraction of sp³-hybridized carbons (Fsp3) is 0.793. The number of amides is 6. The lowest BCUT2D eigenvalue weighted by molar-refractivity contribution is -0.142. The molecule has 0 aromatic carbocycles. The topological polar surface area (TPSA) is 157 Å². The molecular weight excluding hydrogens is 528 g/mol. The van der Waals surface area contributed by atoms with Gasteiger partial charge in [0.25, 0.3) is 5.91 Å². The Bertz CT molecular complexity index is 1030. The van der Waals surface area contributed by atoms with Crippen LogP contribution in [0.1, 0.15) is 86.5 Å². The maximum atomic E-state index is 13.8. The lowest BCUT2D eigenvalue weighted by atomic mass is 9.85. The molecule has 2 saturated heterocycles. The van der Waals surface area contributed by atoms with Gasteiger partial charge in [0.1, 0.15) is 12.1 Å². The van der Waals surface area contributed by atoms with Crippen LogP contribution in [0.25, 0.3) is 0 Å². The summed E-state index contributed by atoms with van der Waals surface area (Å²) >= 11 is 0. The second kappa shape index (κ2) is 13.2. The van der Waals surface area contributed by atoms with Crippen LogP contribution in [-0.2, 0) is 24.0 Å². The number of likely N-dealkylation sites (tertiary alicyclic amines) is 2. The number of Topliss-reactive ketones (excluding diaryl/α,β-unsaturated/α-hetero) is 1. The first-order valence-corrected chi connectivity index (χ1v) is 14.8. The Morgan fingerprint density at radius 3 is 2.15 bits per heavy atom. The van der Waals surface area contributed by atoms with Crippen molar-refractivity contribution in [3.05, 3.63) is 0 Å². The molecule has 2 aliphatic heterocycles. The molecule has 230 valence electrons. The third kappa shape index (κ3) is 9.16. The third-order valence-electron chi connectivity index (χ3n) is 7.99. The molecule has 1 saturated carbocycles. The largest absolute Gasteiger partial charge is 0.347 e. The molecule has 41 heavy (non-hydrogen) atoms. The van der Waals surface area contributed by atoms with Gasteiger partial charge in [-0.1, -0.05) is 41.5 Å². The first kappa shape index (κ1) is 32.3. The first-order valence-electron chi connectivity index (χ1n) is 14.8. The highest BCUT2D eigenvalue weighted by atomic mass is 16.2. The molecular formula is C29H48N6O6. The molecule has 12 heteroatoms. The highest BCUT2D eigenvalue weighted by molar-refractivity contribution is 6.37. The summed E-state index contributed by atoms with van der Waals surface area (Å²) in [6.07, 6.45) is 5.03. The fourth-order valence-electron chi connectivity index (χ4n) is 5.12. The van der Waals surface area contributed by atoms with Gasteiger partial charge in [0.05, 0.1) is 12.6 Å². The summed E-state index contributed by atoms with van der Waals surface area (Å²) < 4.78 is 0. The number of carbonyl (C=O) groups is 6. The van der Waals surface area contributed by atoms with Gasteiger partial charge in [-0.3, -0.25) is 24.0 Å². The van der Waals surface area contributed by atoms with Gasteiger partial charge >= 0.3 is 6.03 Å². The van der Waals surface area contributed by atoms with Crippen molar-refractivity contribution in [2.45, 2.75) is 111 Å². The number of nitrogens with zero attached hydrogens (tertiary/aromatic N) is 2. The van der Waals surface area contributed by atoms with Gasteiger partial charge in [-0.15, -0.1) is 0 Å². The second-order valence-corrected chi connectivity index (χ2v) is 13.7. The highest BCUT2D eigenvalue weighted by Crippen LogP contribution is 2.27. The van der Waals surface area contributed by atoms with E-state index < -0.39 is 47.7 Å². The average molecular weight is 577 g/mol. The molecule has 6 amide bonds. The van der Waals surface area contributed by atoms with Crippen molar-refractivity contribution in [1.82, 2.24) is 31.1 Å². The van der Waals surface area contributed by atoms with E-state index in [0.717, 1.165) is 25.7 Å². The van der Waals surface area contributed by atoms with E-state index in [4.69, 9.17) is 0 Å². The van der Waals surface area contributed by atoms with Gasteiger partial charge in [0.15, 0.2) is 0 Å². The summed E-state index contributed by atoms with van der Waals surface area (Å²) in [5.74, 6) is -2.25. The van der Waals surface area contributed by atoms with E-state index in [-0.39, 0.29) is 29.3 Å². The van der Waals surface area contributed by atoms with E-state index in [1.165, 1.54) is 4.90 Å². The molecule has 0 aromatic rings. The summed E-state index contributed by atoms with van der Waals surface area (Å²) in [5.41, 5.74) is -1.02. The number of carbonyl (C=O) groups excluding carboxylic acids is 6. The van der Waals surface area contributed by atoms with Crippen LogP contribution in [0.4, 0.5) is 4.79 Å². The Kier molecular flexibility index (Phi) is 10.4. The zero-order valence-electron chi connectivity index (χ0n) is 25.4. The minimum atomic E-state index is -0.931. The molecule has 4 N–H and O–H groups in total. The zero-order chi connectivity index (χ0) is 30.5. The van der Waals surface area contributed by atoms with Gasteiger partial charge in [-0.2, -0.15) is 0 Å². The van der Waals surface area contributed by atoms with Crippen LogP contribution in [0, 0.1) is 10.8 Å². The van der Waals surface area contributed by atoms with Gasteiger partial charge < -0.3 is 31.1 Å². The number of ketones is 1. The van der Waals surface area contributed by atoms with Gasteiger partial charge in [-0.05, 0) is 49.4 Å². The number of nitrogens with one attached hydrogen (secondary N) is 4. The Morgan fingerprint density at radius 1 is 0.878 bits per heavy atom. The van der Waals surface area contributed by atoms with E-state index in [0.29, 0.717) is 38.9 Å². The average Bonchev–Trinajstić information content (AvgIpc) is 3.55. The molecule has 0 radical (unpaired) electrons. The summed E-state index contributed by atoms with van der Waals surface area (Å²) in [6.45, 7) is 12.4. The molecule has 1 aliphatic carbocycles. The SMILES string of the molecule is CC(C)(C)[C@H](NC(=O)N[C@H](CN1CCCCC1=O)C(C)(C)C)C(=O)N1CCC[C@H]1C(=O)NCC(=O)C(=O)NC1CC1. The molecule has 0 spiro atoms. The summed E-state index contributed by atoms with van der Waals surface area (Å²) in [6, 6.07) is -2.56. The van der Waals surface area contributed by atoms with Crippen LogP contribution >= 0.6 is 0 Å². The molecule has 3 atom stereocenters. The molecule has 0 aromatic heterocycles. The van der Waals surface area contributed by atoms with E-state index in [1.807, 2.05) is 41.5 Å². The first-order chi connectivity index (χ1) is 19.1. The van der Waals surface area contributed by atoms with E-state index in [9.17, 15) is 28.8 Å². The van der Waals surface area contributed by atoms with Crippen molar-refractivity contribution in [2.75, 3.05) is 26.2 Å². The van der Waals surface area contributed by atoms with Gasteiger partial charge in [0, 0.05) is 32.1 Å². The van der Waals surface area contributed by atoms with Crippen LogP contribution in [-0.4, -0.2) is 95.6 Å². The number of piperidine rings is 1. The van der Waals surface area contributed by atoms with Crippen molar-refractivity contribution in [1.29, 1.82) is 0 Å². The predicted molar refractivity (Wildman–Crippen MR) is 153 cm³/mol. The highest BCUT2D eigenvalue weighted by Gasteiger charge is 2.42. The van der Waals surface area contributed by atoms with Crippen LogP contribution in [0.3, 0.4) is 0 Å². The summed E-state index contributed by atoms with van der Waals surface area (Å²) in [7, 11) is 0. The van der Waals surface area contributed by atoms with Gasteiger partial charge in [0.2, 0.25) is 23.5 Å². The predicted octanol–water partition coefficient (Wildman–Crippen LogP) is 1.08. The van der Waals surface area contributed by atoms with E-state index >= 15 is 0 Å². The van der Waals surface area contributed by atoms with Crippen LogP contribution in [0.15, 0.2) is 0 Å². The summed E-state index contributed by atoms with van der Waals surface area (Å²) in [5, 5.41) is 11.0. The van der Waals surface area contributed by atoms with Crippen LogP contribution in [0.2, 0.25) is 0 Å². The normalized spacial score (nSPS) is 21.1. The lowest BCUT2D eigenvalue weighted by Crippen LogP contribution is -2.61. The van der Waals surface area contributed by atoms with Crippen LogP contribution < -0.4 is 21.3 Å². The molecule has 0 bridgehead atoms. The van der Waals surface area contributed by atoms with Crippen molar-refractivity contribution < 1.29 is 28.8 Å². The van der Waals surface area contributed by atoms with Crippen molar-refractivity contribution in [3.8, 4) is 0 Å². The van der Waals surface area contributed by atoms with E-state index in [1.54, 1.807) is 4.90 Å². The van der Waals surface area contributed by atoms with Crippen molar-refractivity contribution in [3.63, 3.8) is 0 Å². The monoisotopic (exact) mass is 576 g/mol. The fourth-order valence-corrected chi connectivity index (χ4v) is 5.12. The minimum absolute atomic E-state index is 0.0371.